The van der Waals surface area contributed by atoms with E-state index in [0.29, 0.717) is 0 Å². The number of furan rings is 1. The Morgan fingerprint density at radius 3 is 2.33 bits per heavy atom. The smallest absolute Gasteiger partial charge is 0.150 e. The zero-order valence-corrected chi connectivity index (χ0v) is 14.6. The van der Waals surface area contributed by atoms with Gasteiger partial charge in [0.2, 0.25) is 0 Å². The molecular weight excluding hydrogens is 296 g/mol. The summed E-state index contributed by atoms with van der Waals surface area (Å²) >= 11 is 0. The highest BCUT2D eigenvalue weighted by molar-refractivity contribution is 5.83. The van der Waals surface area contributed by atoms with Crippen molar-refractivity contribution in [3.63, 3.8) is 0 Å². The molecule has 4 saturated carbocycles. The Kier molecular flexibility index (Phi) is 3.10. The van der Waals surface area contributed by atoms with Gasteiger partial charge in [-0.05, 0) is 93.4 Å². The molecule has 0 amide bonds. The van der Waals surface area contributed by atoms with Crippen molar-refractivity contribution in [2.45, 2.75) is 57.9 Å². The summed E-state index contributed by atoms with van der Waals surface area (Å²) in [6, 6.07) is 3.95. The number of aromatic amines is 1. The molecule has 0 aliphatic heterocycles. The highest BCUT2D eigenvalue weighted by Gasteiger charge is 2.50. The largest absolute Gasteiger partial charge is 0.463 e. The lowest BCUT2D eigenvalue weighted by molar-refractivity contribution is 0.00194. The Bertz CT molecular complexity index is 746. The highest BCUT2D eigenvalue weighted by atomic mass is 16.3. The van der Waals surface area contributed by atoms with Crippen LogP contribution in [0.25, 0.3) is 11.5 Å². The van der Waals surface area contributed by atoms with Crippen molar-refractivity contribution >= 4 is 6.21 Å². The Morgan fingerprint density at radius 2 is 1.75 bits per heavy atom. The van der Waals surface area contributed by atoms with Gasteiger partial charge in [-0.1, -0.05) is 0 Å². The predicted octanol–water partition coefficient (Wildman–Crippen LogP) is 5.28. The lowest BCUT2D eigenvalue weighted by Crippen LogP contribution is -2.49. The Balaban J connectivity index is 1.46. The summed E-state index contributed by atoms with van der Waals surface area (Å²) in [7, 11) is 0. The van der Waals surface area contributed by atoms with Crippen LogP contribution >= 0.6 is 0 Å². The van der Waals surface area contributed by atoms with Crippen molar-refractivity contribution in [2.24, 2.45) is 22.7 Å². The minimum Gasteiger partial charge on any atom is -0.463 e. The molecule has 2 aromatic rings. The zero-order valence-electron chi connectivity index (χ0n) is 14.6. The van der Waals surface area contributed by atoms with Crippen LogP contribution in [0.3, 0.4) is 0 Å². The van der Waals surface area contributed by atoms with Crippen LogP contribution in [0.5, 0.6) is 0 Å². The molecule has 0 unspecified atom stereocenters. The number of H-pyrrole nitrogens is 1. The Hall–Kier alpha value is -1.77. The maximum Gasteiger partial charge on any atom is 0.150 e. The quantitative estimate of drug-likeness (QED) is 0.767. The minimum absolute atomic E-state index is 0.241. The standard InChI is InChI=1S/C21H26N2O/c1-13-14(2)20(19-4-3-5-24-19)23-18(13)12-22-21-9-15-6-16(10-21)8-17(7-15)11-21/h3-5,12,15-17,23H,6-11H2,1-2H3. The topological polar surface area (TPSA) is 41.3 Å². The summed E-state index contributed by atoms with van der Waals surface area (Å²) in [5, 5.41) is 0. The molecule has 3 nitrogen and oxygen atoms in total. The summed E-state index contributed by atoms with van der Waals surface area (Å²) in [4.78, 5) is 8.74. The van der Waals surface area contributed by atoms with Gasteiger partial charge in [0.25, 0.3) is 0 Å². The van der Waals surface area contributed by atoms with Crippen LogP contribution in [0.4, 0.5) is 0 Å². The van der Waals surface area contributed by atoms with E-state index < -0.39 is 0 Å². The van der Waals surface area contributed by atoms with Crippen LogP contribution in [0.15, 0.2) is 27.8 Å². The first-order valence-electron chi connectivity index (χ1n) is 9.40. The monoisotopic (exact) mass is 322 g/mol. The van der Waals surface area contributed by atoms with Crippen LogP contribution < -0.4 is 0 Å². The van der Waals surface area contributed by atoms with E-state index in [9.17, 15) is 0 Å². The molecular formula is C21H26N2O. The summed E-state index contributed by atoms with van der Waals surface area (Å²) in [5.41, 5.74) is 5.02. The average Bonchev–Trinajstić information content (AvgIpc) is 3.15. The second kappa shape index (κ2) is 5.11. The van der Waals surface area contributed by atoms with E-state index in [-0.39, 0.29) is 5.54 Å². The normalized spacial score (nSPS) is 34.5. The second-order valence-corrected chi connectivity index (χ2v) is 8.54. The molecule has 0 radical (unpaired) electrons. The van der Waals surface area contributed by atoms with Gasteiger partial charge in [-0.3, -0.25) is 4.99 Å². The van der Waals surface area contributed by atoms with Crippen molar-refractivity contribution in [3.05, 3.63) is 35.2 Å². The van der Waals surface area contributed by atoms with Gasteiger partial charge in [0.05, 0.1) is 23.2 Å². The van der Waals surface area contributed by atoms with Crippen LogP contribution in [-0.2, 0) is 0 Å². The van der Waals surface area contributed by atoms with Crippen molar-refractivity contribution in [1.29, 1.82) is 0 Å². The molecule has 4 aliphatic rings. The van der Waals surface area contributed by atoms with Gasteiger partial charge in [0.1, 0.15) is 5.76 Å². The van der Waals surface area contributed by atoms with Crippen LogP contribution in [0, 0.1) is 31.6 Å². The van der Waals surface area contributed by atoms with E-state index in [1.54, 1.807) is 6.26 Å². The summed E-state index contributed by atoms with van der Waals surface area (Å²) in [5.74, 6) is 3.74. The van der Waals surface area contributed by atoms with Gasteiger partial charge in [-0.25, -0.2) is 0 Å². The van der Waals surface area contributed by atoms with E-state index >= 15 is 0 Å². The molecule has 0 spiro atoms. The summed E-state index contributed by atoms with van der Waals surface area (Å²) < 4.78 is 5.57. The van der Waals surface area contributed by atoms with E-state index in [2.05, 4.69) is 25.0 Å². The number of aromatic nitrogens is 1. The lowest BCUT2D eigenvalue weighted by Gasteiger charge is -2.54. The highest BCUT2D eigenvalue weighted by Crippen LogP contribution is 2.57. The van der Waals surface area contributed by atoms with Gasteiger partial charge in [0, 0.05) is 6.21 Å². The van der Waals surface area contributed by atoms with Gasteiger partial charge in [0.15, 0.2) is 0 Å². The first-order chi connectivity index (χ1) is 11.6. The fraction of sp³-hybridized carbons (Fsp3) is 0.571. The van der Waals surface area contributed by atoms with Crippen molar-refractivity contribution in [3.8, 4) is 11.5 Å². The van der Waals surface area contributed by atoms with Crippen molar-refractivity contribution in [1.82, 2.24) is 4.98 Å². The van der Waals surface area contributed by atoms with Gasteiger partial charge < -0.3 is 9.40 Å². The third-order valence-corrected chi connectivity index (χ3v) is 6.84. The molecule has 1 N–H and O–H groups in total. The summed E-state index contributed by atoms with van der Waals surface area (Å²) in [6.45, 7) is 4.34. The van der Waals surface area contributed by atoms with Crippen LogP contribution in [0.1, 0.15) is 55.3 Å². The number of hydrogen-bond donors (Lipinski definition) is 1. The van der Waals surface area contributed by atoms with Crippen molar-refractivity contribution < 1.29 is 4.42 Å². The maximum atomic E-state index is 5.57. The molecule has 0 aromatic carbocycles. The van der Waals surface area contributed by atoms with Crippen LogP contribution in [0.2, 0.25) is 0 Å². The van der Waals surface area contributed by atoms with Crippen molar-refractivity contribution in [2.75, 3.05) is 0 Å². The molecule has 6 rings (SSSR count). The first kappa shape index (κ1) is 14.6. The zero-order chi connectivity index (χ0) is 16.3. The van der Waals surface area contributed by atoms with E-state index in [1.165, 1.54) is 49.7 Å². The van der Waals surface area contributed by atoms with E-state index in [4.69, 9.17) is 9.41 Å². The molecule has 0 saturated heterocycles. The average molecular weight is 322 g/mol. The number of nitrogens with one attached hydrogen (secondary N) is 1. The van der Waals surface area contributed by atoms with Gasteiger partial charge >= 0.3 is 0 Å². The molecule has 3 heteroatoms. The van der Waals surface area contributed by atoms with Gasteiger partial charge in [-0.2, -0.15) is 0 Å². The fourth-order valence-electron chi connectivity index (χ4n) is 5.93. The third-order valence-electron chi connectivity index (χ3n) is 6.84. The maximum absolute atomic E-state index is 5.57. The molecule has 24 heavy (non-hydrogen) atoms. The number of hydrogen-bond acceptors (Lipinski definition) is 2. The minimum atomic E-state index is 0.241. The molecule has 2 heterocycles. The molecule has 0 atom stereocenters. The number of aliphatic imine (C=N–C) groups is 1. The summed E-state index contributed by atoms with van der Waals surface area (Å²) in [6.07, 6.45) is 12.2. The molecule has 4 aliphatic carbocycles. The molecule has 4 fully saturated rings. The Labute approximate surface area is 143 Å². The number of rotatable bonds is 3. The predicted molar refractivity (Wildman–Crippen MR) is 96.5 cm³/mol. The third kappa shape index (κ3) is 2.21. The molecule has 4 bridgehead atoms. The van der Waals surface area contributed by atoms with Gasteiger partial charge in [-0.15, -0.1) is 0 Å². The van der Waals surface area contributed by atoms with E-state index in [0.717, 1.165) is 34.9 Å². The lowest BCUT2D eigenvalue weighted by atomic mass is 9.53. The van der Waals surface area contributed by atoms with Crippen LogP contribution in [-0.4, -0.2) is 16.7 Å². The SMILES string of the molecule is Cc1c(C=NC23CC4CC(CC(C4)C2)C3)[nH]c(-c2ccco2)c1C. The molecule has 2 aromatic heterocycles. The number of nitrogens with zero attached hydrogens (tertiary/aromatic N) is 1. The Morgan fingerprint density at radius 1 is 1.08 bits per heavy atom. The van der Waals surface area contributed by atoms with E-state index in [1.807, 2.05) is 12.1 Å². The fourth-order valence-corrected chi connectivity index (χ4v) is 5.93. The first-order valence-corrected chi connectivity index (χ1v) is 9.40. The second-order valence-electron chi connectivity index (χ2n) is 8.54. The molecule has 126 valence electrons.